The molecule has 6 heterocycles. The standard InChI is InChI=1S/C25H19N2O8S.C19H15NO4.C6H4ClNO4S.2ClH/c1-32-22-7-2-15-10-21-19-12-24-23(33-14-34-24)11-16(19)8-9-26(21)13-20(15)25(22)35-36(30,31)18-5-3-17(4-6-18)27(28)29;1-22-16-3-2-11-6-15-13-8-18-17(23-10-24-18)7-12(13)4-5-20(15)9-14(11)19(16)21;7-13(11,12)6-3-1-5(2-4-6)8(9)10;;/h2-7,10-13H,8-9,14H2,1H3;2-3,6-9H,4-5,10H2,1H3;1-4H;2*1H/q+1;;;;/p-1. The Bertz CT molecular complexity index is 3830. The van der Waals surface area contributed by atoms with Crippen LogP contribution in [-0.2, 0) is 45.1 Å². The lowest BCUT2D eigenvalue weighted by atomic mass is 9.95. The number of non-ortho nitro benzene ring substituents is 2. The number of pyridine rings is 2. The number of aromatic hydroxyl groups is 1. The van der Waals surface area contributed by atoms with Crippen LogP contribution in [0, 0.1) is 20.2 Å². The fourth-order valence-electron chi connectivity index (χ4n) is 8.84. The lowest BCUT2D eigenvalue weighted by Crippen LogP contribution is -3.00. The van der Waals surface area contributed by atoms with Gasteiger partial charge in [0.2, 0.25) is 25.0 Å². The van der Waals surface area contributed by atoms with Crippen molar-refractivity contribution in [3.05, 3.63) is 153 Å². The number of methoxy groups -OCH3 is 2. The molecule has 75 heavy (non-hydrogen) atoms. The average Bonchev–Trinajstić information content (AvgIpc) is 4.07. The van der Waals surface area contributed by atoms with E-state index in [-0.39, 0.29) is 76.8 Å². The van der Waals surface area contributed by atoms with E-state index in [1.165, 1.54) is 12.7 Å². The first-order valence-electron chi connectivity index (χ1n) is 22.0. The second-order valence-corrected chi connectivity index (χ2v) is 20.7. The van der Waals surface area contributed by atoms with Crippen LogP contribution in [0.15, 0.2) is 131 Å². The van der Waals surface area contributed by atoms with Crippen molar-refractivity contribution in [2.24, 2.45) is 0 Å². The molecular weight excluding hydrogens is 1080 g/mol. The largest absolute Gasteiger partial charge is 1.00 e. The van der Waals surface area contributed by atoms with Crippen molar-refractivity contribution < 1.29 is 98.3 Å². The summed E-state index contributed by atoms with van der Waals surface area (Å²) in [5.41, 5.74) is 6.25. The summed E-state index contributed by atoms with van der Waals surface area (Å²) in [5, 5.41) is 34.6. The van der Waals surface area contributed by atoms with Crippen LogP contribution >= 0.6 is 10.7 Å². The van der Waals surface area contributed by atoms with Crippen molar-refractivity contribution >= 4 is 62.8 Å². The summed E-state index contributed by atoms with van der Waals surface area (Å²) in [5.74, 6) is 4.00. The highest BCUT2D eigenvalue weighted by molar-refractivity contribution is 8.13. The third-order valence-electron chi connectivity index (χ3n) is 12.5. The van der Waals surface area contributed by atoms with Gasteiger partial charge in [0, 0.05) is 59.9 Å². The second kappa shape index (κ2) is 21.2. The summed E-state index contributed by atoms with van der Waals surface area (Å²) in [6.45, 7) is 2.00. The minimum Gasteiger partial charge on any atom is -1.00 e. The first-order chi connectivity index (χ1) is 35.0. The molecule has 0 saturated carbocycles. The molecule has 0 aliphatic carbocycles. The third kappa shape index (κ3) is 10.5. The summed E-state index contributed by atoms with van der Waals surface area (Å²) in [4.78, 5) is 19.5. The van der Waals surface area contributed by atoms with Gasteiger partial charge < -0.3 is 62.5 Å². The molecular formula is C50H39Cl3N4O16S2. The molecule has 1 N–H and O–H groups in total. The molecule has 4 aliphatic heterocycles. The van der Waals surface area contributed by atoms with E-state index in [0.717, 1.165) is 129 Å². The maximum absolute atomic E-state index is 13.1. The molecule has 6 aromatic carbocycles. The number of hydrogen-bond acceptors (Lipinski definition) is 16. The maximum Gasteiger partial charge on any atom is 0.339 e. The second-order valence-electron chi connectivity index (χ2n) is 16.6. The van der Waals surface area contributed by atoms with Gasteiger partial charge in [0.15, 0.2) is 71.5 Å². The highest BCUT2D eigenvalue weighted by atomic mass is 35.7. The summed E-state index contributed by atoms with van der Waals surface area (Å²) in [7, 11) is -0.113. The SMILES string of the molecule is COc1ccc2cc3[n+](cc2c1O)CCc1cc2c(cc1-3)OCO2.COc1ccc2cc3[n+](cc2c1OS(=O)(=O)c1ccc([N+](=O)[O-])cc1)CCc1cc2c(cc1-3)OCO2.O=[N+]([O-])c1ccc(S(=O)(=O)Cl)cc1.[Cl-].[Cl-]. The normalized spacial score (nSPS) is 13.1. The third-order valence-corrected chi connectivity index (χ3v) is 15.1. The number of nitrogens with zero attached hydrogens (tertiary/aromatic N) is 4. The van der Waals surface area contributed by atoms with Crippen molar-refractivity contribution in [2.45, 2.75) is 35.7 Å². The lowest BCUT2D eigenvalue weighted by Gasteiger charge is -2.17. The Morgan fingerprint density at radius 1 is 0.587 bits per heavy atom. The Morgan fingerprint density at radius 2 is 1.01 bits per heavy atom. The number of aryl methyl sites for hydroxylation is 4. The number of phenolic OH excluding ortho intramolecular Hbond substituents is 1. The minimum atomic E-state index is -4.30. The highest BCUT2D eigenvalue weighted by Crippen LogP contribution is 2.44. The van der Waals surface area contributed by atoms with Crippen molar-refractivity contribution in [3.63, 3.8) is 0 Å². The Labute approximate surface area is 443 Å². The predicted molar refractivity (Wildman–Crippen MR) is 261 cm³/mol. The Balaban J connectivity index is 0.000000165. The summed E-state index contributed by atoms with van der Waals surface area (Å²) in [6.07, 6.45) is 5.52. The van der Waals surface area contributed by atoms with Crippen LogP contribution in [0.1, 0.15) is 11.1 Å². The Hall–Kier alpha value is -7.89. The fraction of sp³-hybridized carbons (Fsp3) is 0.160. The molecule has 0 spiro atoms. The summed E-state index contributed by atoms with van der Waals surface area (Å²) >= 11 is 0. The number of nitro benzene ring substituents is 2. The van der Waals surface area contributed by atoms with Crippen molar-refractivity contribution in [1.29, 1.82) is 0 Å². The van der Waals surface area contributed by atoms with Crippen LogP contribution in [0.3, 0.4) is 0 Å². The van der Waals surface area contributed by atoms with Gasteiger partial charge in [-0.1, -0.05) is 0 Å². The van der Waals surface area contributed by atoms with Crippen LogP contribution in [0.2, 0.25) is 0 Å². The van der Waals surface area contributed by atoms with E-state index >= 15 is 0 Å². The molecule has 8 aromatic rings. The van der Waals surface area contributed by atoms with Gasteiger partial charge in [-0.3, -0.25) is 20.2 Å². The molecule has 0 atom stereocenters. The van der Waals surface area contributed by atoms with Crippen molar-refractivity contribution in [2.75, 3.05) is 27.8 Å². The monoisotopic (exact) mass is 1120 g/mol. The van der Waals surface area contributed by atoms with Crippen LogP contribution < -0.4 is 66.6 Å². The number of phenols is 1. The number of aromatic nitrogens is 2. The molecule has 0 radical (unpaired) electrons. The number of halogens is 3. The quantitative estimate of drug-likeness (QED) is 0.0753. The first-order valence-corrected chi connectivity index (χ1v) is 25.7. The molecule has 20 nitrogen and oxygen atoms in total. The minimum absolute atomic E-state index is 0. The van der Waals surface area contributed by atoms with Gasteiger partial charge in [0.25, 0.3) is 20.4 Å². The maximum atomic E-state index is 13.1. The van der Waals surface area contributed by atoms with E-state index in [1.807, 2.05) is 47.3 Å². The number of fused-ring (bicyclic) bond motifs is 10. The molecule has 0 bridgehead atoms. The Morgan fingerprint density at radius 3 is 1.47 bits per heavy atom. The van der Waals surface area contributed by atoms with Gasteiger partial charge in [-0.05, 0) is 94.7 Å². The van der Waals surface area contributed by atoms with E-state index in [1.54, 1.807) is 19.2 Å². The van der Waals surface area contributed by atoms with Crippen LogP contribution in [0.5, 0.6) is 46.0 Å². The van der Waals surface area contributed by atoms with E-state index in [0.29, 0.717) is 23.4 Å². The van der Waals surface area contributed by atoms with Crippen LogP contribution in [-0.4, -0.2) is 59.6 Å². The molecule has 0 saturated heterocycles. The summed E-state index contributed by atoms with van der Waals surface area (Å²) < 4.78 is 90.1. The zero-order valence-electron chi connectivity index (χ0n) is 39.1. The first kappa shape index (κ1) is 53.4. The zero-order valence-corrected chi connectivity index (χ0v) is 43.0. The average molecular weight is 1120 g/mol. The predicted octanol–water partition coefficient (Wildman–Crippen LogP) is 2.09. The molecule has 25 heteroatoms. The van der Waals surface area contributed by atoms with Crippen LogP contribution in [0.25, 0.3) is 44.1 Å². The molecule has 0 amide bonds. The van der Waals surface area contributed by atoms with Gasteiger partial charge in [-0.15, -0.1) is 0 Å². The molecule has 2 aromatic heterocycles. The molecule has 0 unspecified atom stereocenters. The number of nitro groups is 2. The zero-order chi connectivity index (χ0) is 51.3. The van der Waals surface area contributed by atoms with Gasteiger partial charge in [0.1, 0.15) is 4.90 Å². The van der Waals surface area contributed by atoms with Gasteiger partial charge in [-0.2, -0.15) is 17.6 Å². The van der Waals surface area contributed by atoms with Gasteiger partial charge in [-0.25, -0.2) is 8.42 Å². The van der Waals surface area contributed by atoms with E-state index in [9.17, 15) is 42.2 Å². The number of benzene rings is 6. The van der Waals surface area contributed by atoms with Gasteiger partial charge in [0.05, 0.1) is 50.9 Å². The van der Waals surface area contributed by atoms with E-state index in [2.05, 4.69) is 22.8 Å². The van der Waals surface area contributed by atoms with Crippen molar-refractivity contribution in [1.82, 2.24) is 0 Å². The van der Waals surface area contributed by atoms with Crippen molar-refractivity contribution in [3.8, 4) is 68.5 Å². The number of hydrogen-bond donors (Lipinski definition) is 1. The smallest absolute Gasteiger partial charge is 0.339 e. The highest BCUT2D eigenvalue weighted by Gasteiger charge is 2.32. The lowest BCUT2D eigenvalue weighted by molar-refractivity contribution is -0.686. The number of ether oxygens (including phenoxy) is 6. The van der Waals surface area contributed by atoms with E-state index < -0.39 is 29.0 Å². The molecule has 12 rings (SSSR count). The molecule has 0 fully saturated rings. The molecule has 4 aliphatic rings. The van der Waals surface area contributed by atoms with E-state index in [4.69, 9.17) is 43.3 Å². The topological polar surface area (TPSA) is 247 Å². The molecule has 388 valence electrons. The Kier molecular flexibility index (Phi) is 15.1. The summed E-state index contributed by atoms with van der Waals surface area (Å²) in [6, 6.07) is 28.3. The van der Waals surface area contributed by atoms with Crippen LogP contribution in [0.4, 0.5) is 11.4 Å². The number of rotatable bonds is 8. The van der Waals surface area contributed by atoms with Gasteiger partial charge >= 0.3 is 10.1 Å². The fourth-order valence-corrected chi connectivity index (χ4v) is 10.6.